The van der Waals surface area contributed by atoms with Gasteiger partial charge in [0, 0.05) is 48.0 Å². The number of aromatic amines is 1. The number of primary amides is 1. The lowest BCUT2D eigenvalue weighted by atomic mass is 9.89. The van der Waals surface area contributed by atoms with Crippen molar-refractivity contribution in [3.05, 3.63) is 37.2 Å². The van der Waals surface area contributed by atoms with Crippen LogP contribution in [0, 0.1) is 0 Å². The van der Waals surface area contributed by atoms with E-state index in [2.05, 4.69) is 50.5 Å². The number of fused-ring (bicyclic) bond motifs is 1. The summed E-state index contributed by atoms with van der Waals surface area (Å²) < 4.78 is 0. The minimum atomic E-state index is 0.161. The Balaban J connectivity index is 0.000000613. The number of nitrogens with one attached hydrogen (secondary N) is 1. The molecule has 0 aliphatic carbocycles. The highest BCUT2D eigenvalue weighted by atomic mass is 16.1. The Morgan fingerprint density at radius 2 is 2.00 bits per heavy atom. The Hall–Kier alpha value is -2.96. The zero-order valence-electron chi connectivity index (χ0n) is 15.1. The lowest BCUT2D eigenvalue weighted by Crippen LogP contribution is -2.47. The molecule has 3 N–H and O–H groups in total. The van der Waals surface area contributed by atoms with E-state index in [9.17, 15) is 0 Å². The zero-order valence-corrected chi connectivity index (χ0v) is 15.1. The van der Waals surface area contributed by atoms with Crippen molar-refractivity contribution in [2.75, 3.05) is 11.4 Å². The topological polar surface area (TPSA) is 101 Å². The van der Waals surface area contributed by atoms with E-state index in [1.807, 2.05) is 24.8 Å². The number of carbonyl (C=O) groups excluding carboxylic acids is 1. The van der Waals surface area contributed by atoms with Crippen LogP contribution in [0.5, 0.6) is 0 Å². The van der Waals surface area contributed by atoms with E-state index in [0.717, 1.165) is 28.7 Å². The van der Waals surface area contributed by atoms with Crippen molar-refractivity contribution < 1.29 is 4.79 Å². The van der Waals surface area contributed by atoms with E-state index < -0.39 is 0 Å². The van der Waals surface area contributed by atoms with Gasteiger partial charge in [0.1, 0.15) is 12.0 Å². The molecule has 136 valence electrons. The van der Waals surface area contributed by atoms with Gasteiger partial charge in [-0.3, -0.25) is 4.79 Å². The van der Waals surface area contributed by atoms with Crippen molar-refractivity contribution >= 4 is 23.1 Å². The standard InChI is InChI=1S/C18H21N5.CH3NO/c1-18(2)6-3-4-8-23(18)15-5-7-21-17-16(15)14(11-22-17)13-9-19-12-20-10-13;2-1-3/h5,7,9-12H,3-4,6,8H2,1-2H3,(H,21,22);1H,(H2,2,3). The van der Waals surface area contributed by atoms with Gasteiger partial charge >= 0.3 is 0 Å². The third-order valence-corrected chi connectivity index (χ3v) is 4.86. The number of anilines is 1. The van der Waals surface area contributed by atoms with Gasteiger partial charge in [-0.15, -0.1) is 0 Å². The number of hydrogen-bond acceptors (Lipinski definition) is 5. The number of pyridine rings is 1. The fourth-order valence-electron chi connectivity index (χ4n) is 3.64. The van der Waals surface area contributed by atoms with Crippen molar-refractivity contribution in [3.8, 4) is 11.1 Å². The summed E-state index contributed by atoms with van der Waals surface area (Å²) in [6.07, 6.45) is 13.2. The quantitative estimate of drug-likeness (QED) is 0.691. The van der Waals surface area contributed by atoms with E-state index in [1.54, 1.807) is 6.33 Å². The Labute approximate surface area is 152 Å². The number of hydrogen-bond donors (Lipinski definition) is 2. The maximum Gasteiger partial charge on any atom is 0.204 e. The second-order valence-electron chi connectivity index (χ2n) is 6.94. The van der Waals surface area contributed by atoms with Gasteiger partial charge in [0.05, 0.1) is 11.1 Å². The summed E-state index contributed by atoms with van der Waals surface area (Å²) in [6.45, 7) is 5.74. The van der Waals surface area contributed by atoms with E-state index in [4.69, 9.17) is 4.79 Å². The Kier molecular flexibility index (Phi) is 5.16. The third-order valence-electron chi connectivity index (χ3n) is 4.86. The molecule has 4 rings (SSSR count). The summed E-state index contributed by atoms with van der Waals surface area (Å²) in [5.41, 5.74) is 8.63. The first kappa shape index (κ1) is 17.8. The number of rotatable bonds is 2. The molecule has 0 atom stereocenters. The maximum atomic E-state index is 8.58. The molecule has 0 aromatic carbocycles. The minimum Gasteiger partial charge on any atom is -0.372 e. The van der Waals surface area contributed by atoms with Crippen molar-refractivity contribution in [2.24, 2.45) is 5.73 Å². The van der Waals surface area contributed by atoms with Gasteiger partial charge in [0.15, 0.2) is 0 Å². The molecule has 1 aliphatic rings. The number of aromatic nitrogens is 4. The van der Waals surface area contributed by atoms with Crippen LogP contribution in [0.15, 0.2) is 37.2 Å². The molecule has 0 bridgehead atoms. The first-order valence-electron chi connectivity index (χ1n) is 8.73. The smallest absolute Gasteiger partial charge is 0.204 e. The summed E-state index contributed by atoms with van der Waals surface area (Å²) in [6, 6.07) is 2.14. The normalized spacial score (nSPS) is 16.0. The third kappa shape index (κ3) is 3.37. The lowest BCUT2D eigenvalue weighted by molar-refractivity contribution is -0.106. The van der Waals surface area contributed by atoms with Gasteiger partial charge in [-0.05, 0) is 39.2 Å². The van der Waals surface area contributed by atoms with Crippen molar-refractivity contribution in [3.63, 3.8) is 0 Å². The molecule has 1 saturated heterocycles. The summed E-state index contributed by atoms with van der Waals surface area (Å²) in [7, 11) is 0. The van der Waals surface area contributed by atoms with E-state index in [1.165, 1.54) is 24.9 Å². The Morgan fingerprint density at radius 3 is 2.69 bits per heavy atom. The van der Waals surface area contributed by atoms with Crippen molar-refractivity contribution in [1.29, 1.82) is 0 Å². The molecule has 3 aromatic rings. The van der Waals surface area contributed by atoms with Crippen LogP contribution in [0.2, 0.25) is 0 Å². The second-order valence-corrected chi connectivity index (χ2v) is 6.94. The van der Waals surface area contributed by atoms with Crippen LogP contribution in [0.3, 0.4) is 0 Å². The molecule has 0 radical (unpaired) electrons. The highest BCUT2D eigenvalue weighted by Crippen LogP contribution is 2.39. The molecule has 3 aromatic heterocycles. The van der Waals surface area contributed by atoms with Crippen LogP contribution in [-0.4, -0.2) is 38.4 Å². The number of nitrogens with two attached hydrogens (primary N) is 1. The Bertz CT molecular complexity index is 874. The van der Waals surface area contributed by atoms with Gasteiger partial charge in [0.25, 0.3) is 0 Å². The number of H-pyrrole nitrogens is 1. The van der Waals surface area contributed by atoms with Gasteiger partial charge in [-0.2, -0.15) is 0 Å². The maximum absolute atomic E-state index is 8.58. The van der Waals surface area contributed by atoms with Crippen molar-refractivity contribution in [1.82, 2.24) is 19.9 Å². The van der Waals surface area contributed by atoms with Gasteiger partial charge in [-0.25, -0.2) is 15.0 Å². The fourth-order valence-corrected chi connectivity index (χ4v) is 3.64. The second kappa shape index (κ2) is 7.51. The molecule has 1 fully saturated rings. The van der Waals surface area contributed by atoms with Crippen LogP contribution in [0.1, 0.15) is 33.1 Å². The average Bonchev–Trinajstić information content (AvgIpc) is 3.07. The number of piperidine rings is 1. The predicted octanol–water partition coefficient (Wildman–Crippen LogP) is 2.89. The van der Waals surface area contributed by atoms with E-state index in [0.29, 0.717) is 0 Å². The van der Waals surface area contributed by atoms with E-state index >= 15 is 0 Å². The van der Waals surface area contributed by atoms with Crippen LogP contribution in [0.4, 0.5) is 5.69 Å². The molecule has 7 nitrogen and oxygen atoms in total. The molecule has 4 heterocycles. The van der Waals surface area contributed by atoms with E-state index in [-0.39, 0.29) is 11.9 Å². The van der Waals surface area contributed by atoms with Gasteiger partial charge < -0.3 is 15.6 Å². The molecular weight excluding hydrogens is 328 g/mol. The molecule has 1 aliphatic heterocycles. The summed E-state index contributed by atoms with van der Waals surface area (Å²) in [5, 5.41) is 1.16. The minimum absolute atomic E-state index is 0.161. The Morgan fingerprint density at radius 1 is 1.27 bits per heavy atom. The van der Waals surface area contributed by atoms with Gasteiger partial charge in [0.2, 0.25) is 6.41 Å². The fraction of sp³-hybridized carbons (Fsp3) is 0.368. The number of amides is 1. The predicted molar refractivity (Wildman–Crippen MR) is 103 cm³/mol. The lowest BCUT2D eigenvalue weighted by Gasteiger charge is -2.44. The molecule has 1 amide bonds. The molecular formula is C19H24N6O. The SMILES string of the molecule is CC1(C)CCCCN1c1ccnc2[nH]cc(-c3cncnc3)c12.NC=O. The zero-order chi connectivity index (χ0) is 18.6. The molecule has 0 saturated carbocycles. The average molecular weight is 352 g/mol. The first-order chi connectivity index (χ1) is 12.6. The monoisotopic (exact) mass is 352 g/mol. The molecule has 0 spiro atoms. The van der Waals surface area contributed by atoms with Gasteiger partial charge in [-0.1, -0.05) is 0 Å². The molecule has 26 heavy (non-hydrogen) atoms. The van der Waals surface area contributed by atoms with Crippen LogP contribution < -0.4 is 10.6 Å². The first-order valence-corrected chi connectivity index (χ1v) is 8.73. The molecule has 7 heteroatoms. The molecule has 0 unspecified atom stereocenters. The number of nitrogens with zero attached hydrogens (tertiary/aromatic N) is 4. The summed E-state index contributed by atoms with van der Waals surface area (Å²) in [4.78, 5) is 27.2. The van der Waals surface area contributed by atoms with Crippen LogP contribution >= 0.6 is 0 Å². The number of carbonyl (C=O) groups is 1. The highest BCUT2D eigenvalue weighted by Gasteiger charge is 2.31. The summed E-state index contributed by atoms with van der Waals surface area (Å²) in [5.74, 6) is 0. The van der Waals surface area contributed by atoms with Crippen LogP contribution in [0.25, 0.3) is 22.2 Å². The largest absolute Gasteiger partial charge is 0.372 e. The van der Waals surface area contributed by atoms with Crippen molar-refractivity contribution in [2.45, 2.75) is 38.6 Å². The van der Waals surface area contributed by atoms with Crippen LogP contribution in [-0.2, 0) is 4.79 Å². The highest BCUT2D eigenvalue weighted by molar-refractivity contribution is 6.02. The summed E-state index contributed by atoms with van der Waals surface area (Å²) >= 11 is 0.